The zero-order chi connectivity index (χ0) is 9.80. The van der Waals surface area contributed by atoms with E-state index in [1.54, 1.807) is 10.5 Å². The number of thiophene rings is 1. The zero-order valence-corrected chi connectivity index (χ0v) is 10.4. The smallest absolute Gasteiger partial charge is 0.0214 e. The van der Waals surface area contributed by atoms with Crippen molar-refractivity contribution in [1.29, 1.82) is 0 Å². The molecule has 2 heterocycles. The number of thioether (sulfide) groups is 1. The monoisotopic (exact) mass is 226 g/mol. The first-order chi connectivity index (χ1) is 6.90. The van der Waals surface area contributed by atoms with Crippen LogP contribution in [0.3, 0.4) is 0 Å². The highest BCUT2D eigenvalue weighted by Crippen LogP contribution is 2.41. The molecule has 0 amide bonds. The van der Waals surface area contributed by atoms with Crippen LogP contribution in [0.1, 0.15) is 44.6 Å². The van der Waals surface area contributed by atoms with Gasteiger partial charge in [-0.2, -0.15) is 11.3 Å². The second kappa shape index (κ2) is 5.22. The van der Waals surface area contributed by atoms with Gasteiger partial charge in [-0.25, -0.2) is 0 Å². The Labute approximate surface area is 95.1 Å². The zero-order valence-electron chi connectivity index (χ0n) is 8.79. The summed E-state index contributed by atoms with van der Waals surface area (Å²) in [5.74, 6) is 0. The molecule has 1 aromatic heterocycles. The number of rotatable bonds is 5. The third-order valence-electron chi connectivity index (χ3n) is 2.82. The van der Waals surface area contributed by atoms with Gasteiger partial charge in [-0.15, -0.1) is 11.8 Å². The van der Waals surface area contributed by atoms with Crippen LogP contribution in [0.2, 0.25) is 0 Å². The van der Waals surface area contributed by atoms with Gasteiger partial charge in [0.15, 0.2) is 0 Å². The quantitative estimate of drug-likeness (QED) is 0.654. The van der Waals surface area contributed by atoms with Gasteiger partial charge in [0.2, 0.25) is 0 Å². The summed E-state index contributed by atoms with van der Waals surface area (Å²) in [6.45, 7) is 2.28. The minimum absolute atomic E-state index is 0.894. The maximum Gasteiger partial charge on any atom is 0.0214 e. The lowest BCUT2D eigenvalue weighted by molar-refractivity contribution is 0.619. The van der Waals surface area contributed by atoms with Crippen LogP contribution in [0.25, 0.3) is 0 Å². The van der Waals surface area contributed by atoms with Crippen LogP contribution < -0.4 is 0 Å². The lowest BCUT2D eigenvalue weighted by Gasteiger charge is -2.07. The highest BCUT2D eigenvalue weighted by Gasteiger charge is 2.21. The molecule has 78 valence electrons. The summed E-state index contributed by atoms with van der Waals surface area (Å²) >= 11 is 3.97. The van der Waals surface area contributed by atoms with E-state index in [4.69, 9.17) is 0 Å². The predicted molar refractivity (Wildman–Crippen MR) is 66.4 cm³/mol. The lowest BCUT2D eigenvalue weighted by Crippen LogP contribution is -2.00. The van der Waals surface area contributed by atoms with Gasteiger partial charge in [0, 0.05) is 15.5 Å². The van der Waals surface area contributed by atoms with Crippen molar-refractivity contribution in [2.24, 2.45) is 0 Å². The average Bonchev–Trinajstić information content (AvgIpc) is 2.72. The SMILES string of the molecule is CCCCCCC1Cc2cscc2S1. The number of fused-ring (bicyclic) bond motifs is 1. The molecule has 0 aliphatic carbocycles. The molecule has 1 unspecified atom stereocenters. The predicted octanol–water partition coefficient (Wildman–Crippen LogP) is 4.74. The maximum atomic E-state index is 2.33. The van der Waals surface area contributed by atoms with Crippen molar-refractivity contribution >= 4 is 23.1 Å². The van der Waals surface area contributed by atoms with Crippen LogP contribution in [0.5, 0.6) is 0 Å². The standard InChI is InChI=1S/C12H18S2/c1-2-3-4-5-6-11-7-10-8-13-9-12(10)14-11/h8-9,11H,2-7H2,1H3. The molecular weight excluding hydrogens is 208 g/mol. The van der Waals surface area contributed by atoms with Crippen molar-refractivity contribution in [1.82, 2.24) is 0 Å². The van der Waals surface area contributed by atoms with Crippen molar-refractivity contribution < 1.29 is 0 Å². The fourth-order valence-electron chi connectivity index (χ4n) is 1.99. The summed E-state index contributed by atoms with van der Waals surface area (Å²) in [6, 6.07) is 0. The van der Waals surface area contributed by atoms with Crippen LogP contribution in [0, 0.1) is 0 Å². The first-order valence-electron chi connectivity index (χ1n) is 5.62. The van der Waals surface area contributed by atoms with Gasteiger partial charge in [0.25, 0.3) is 0 Å². The molecule has 0 nitrogen and oxygen atoms in total. The Morgan fingerprint density at radius 1 is 1.29 bits per heavy atom. The van der Waals surface area contributed by atoms with E-state index in [1.165, 1.54) is 38.5 Å². The largest absolute Gasteiger partial charge is 0.151 e. The summed E-state index contributed by atoms with van der Waals surface area (Å²) < 4.78 is 0. The van der Waals surface area contributed by atoms with Gasteiger partial charge in [-0.1, -0.05) is 32.6 Å². The Kier molecular flexibility index (Phi) is 3.94. The van der Waals surface area contributed by atoms with E-state index in [-0.39, 0.29) is 0 Å². The second-order valence-electron chi connectivity index (χ2n) is 4.05. The maximum absolute atomic E-state index is 2.33. The molecule has 14 heavy (non-hydrogen) atoms. The fourth-order valence-corrected chi connectivity index (χ4v) is 4.38. The van der Waals surface area contributed by atoms with E-state index in [2.05, 4.69) is 29.4 Å². The molecule has 1 aromatic rings. The Morgan fingerprint density at radius 3 is 3.00 bits per heavy atom. The van der Waals surface area contributed by atoms with E-state index in [1.807, 2.05) is 11.3 Å². The summed E-state index contributed by atoms with van der Waals surface area (Å²) in [7, 11) is 0. The molecule has 1 aliphatic heterocycles. The summed E-state index contributed by atoms with van der Waals surface area (Å²) in [5.41, 5.74) is 1.61. The van der Waals surface area contributed by atoms with E-state index in [0.29, 0.717) is 0 Å². The van der Waals surface area contributed by atoms with Gasteiger partial charge in [-0.3, -0.25) is 0 Å². The number of hydrogen-bond donors (Lipinski definition) is 0. The Bertz CT molecular complexity index is 257. The van der Waals surface area contributed by atoms with Crippen molar-refractivity contribution in [2.75, 3.05) is 0 Å². The molecule has 0 fully saturated rings. The van der Waals surface area contributed by atoms with Crippen molar-refractivity contribution in [3.05, 3.63) is 16.3 Å². The van der Waals surface area contributed by atoms with Crippen molar-refractivity contribution in [2.45, 2.75) is 55.6 Å². The number of hydrogen-bond acceptors (Lipinski definition) is 2. The first-order valence-corrected chi connectivity index (χ1v) is 7.44. The molecule has 2 heteroatoms. The van der Waals surface area contributed by atoms with E-state index in [0.717, 1.165) is 5.25 Å². The average molecular weight is 226 g/mol. The van der Waals surface area contributed by atoms with Gasteiger partial charge in [-0.05, 0) is 23.8 Å². The lowest BCUT2D eigenvalue weighted by atomic mass is 10.1. The molecular formula is C12H18S2. The van der Waals surface area contributed by atoms with Gasteiger partial charge in [0.05, 0.1) is 0 Å². The molecule has 0 saturated heterocycles. The summed E-state index contributed by atoms with van der Waals surface area (Å²) in [4.78, 5) is 1.57. The number of unbranched alkanes of at least 4 members (excludes halogenated alkanes) is 3. The summed E-state index contributed by atoms with van der Waals surface area (Å²) in [6.07, 6.45) is 8.38. The van der Waals surface area contributed by atoms with E-state index >= 15 is 0 Å². The van der Waals surface area contributed by atoms with E-state index in [9.17, 15) is 0 Å². The second-order valence-corrected chi connectivity index (χ2v) is 6.14. The highest BCUT2D eigenvalue weighted by molar-refractivity contribution is 8.00. The molecule has 0 radical (unpaired) electrons. The topological polar surface area (TPSA) is 0 Å². The molecule has 0 saturated carbocycles. The van der Waals surface area contributed by atoms with E-state index < -0.39 is 0 Å². The van der Waals surface area contributed by atoms with Gasteiger partial charge >= 0.3 is 0 Å². The molecule has 1 atom stereocenters. The van der Waals surface area contributed by atoms with Crippen LogP contribution in [-0.4, -0.2) is 5.25 Å². The van der Waals surface area contributed by atoms with Crippen LogP contribution >= 0.6 is 23.1 Å². The van der Waals surface area contributed by atoms with Gasteiger partial charge in [0.1, 0.15) is 0 Å². The molecule has 2 rings (SSSR count). The van der Waals surface area contributed by atoms with Crippen LogP contribution in [0.15, 0.2) is 15.7 Å². The Hall–Kier alpha value is 0.0500. The third-order valence-corrected chi connectivity index (χ3v) is 5.13. The normalized spacial score (nSPS) is 19.9. The Morgan fingerprint density at radius 2 is 2.21 bits per heavy atom. The molecule has 1 aliphatic rings. The van der Waals surface area contributed by atoms with Crippen molar-refractivity contribution in [3.8, 4) is 0 Å². The first kappa shape index (κ1) is 10.6. The summed E-state index contributed by atoms with van der Waals surface area (Å²) in [5, 5.41) is 5.53. The molecule has 0 aromatic carbocycles. The minimum Gasteiger partial charge on any atom is -0.151 e. The third kappa shape index (κ3) is 2.54. The molecule has 0 N–H and O–H groups in total. The Balaban J connectivity index is 1.68. The minimum atomic E-state index is 0.894. The van der Waals surface area contributed by atoms with Gasteiger partial charge < -0.3 is 0 Å². The van der Waals surface area contributed by atoms with Crippen LogP contribution in [-0.2, 0) is 6.42 Å². The van der Waals surface area contributed by atoms with Crippen molar-refractivity contribution in [3.63, 3.8) is 0 Å². The highest BCUT2D eigenvalue weighted by atomic mass is 32.2. The van der Waals surface area contributed by atoms with Crippen LogP contribution in [0.4, 0.5) is 0 Å². The fraction of sp³-hybridized carbons (Fsp3) is 0.667. The molecule has 0 bridgehead atoms. The molecule has 0 spiro atoms.